The lowest BCUT2D eigenvalue weighted by Crippen LogP contribution is -2.26. The van der Waals surface area contributed by atoms with E-state index in [1.54, 1.807) is 0 Å². The van der Waals surface area contributed by atoms with Crippen molar-refractivity contribution in [1.82, 2.24) is 10.3 Å². The average molecular weight is 267 g/mol. The fourth-order valence-electron chi connectivity index (χ4n) is 2.71. The molecule has 3 nitrogen and oxygen atoms in total. The summed E-state index contributed by atoms with van der Waals surface area (Å²) in [7, 11) is 0. The minimum absolute atomic E-state index is 0.642. The van der Waals surface area contributed by atoms with Crippen molar-refractivity contribution in [2.45, 2.75) is 53.1 Å². The molecule has 4 heteroatoms. The monoisotopic (exact) mass is 267 g/mol. The van der Waals surface area contributed by atoms with Gasteiger partial charge in [-0.05, 0) is 32.2 Å². The smallest absolute Gasteiger partial charge is 0.186 e. The van der Waals surface area contributed by atoms with Crippen LogP contribution in [0.4, 0.5) is 5.13 Å². The van der Waals surface area contributed by atoms with Crippen LogP contribution >= 0.6 is 11.3 Å². The predicted octanol–water partition coefficient (Wildman–Crippen LogP) is 3.05. The van der Waals surface area contributed by atoms with Gasteiger partial charge in [0.05, 0.1) is 5.69 Å². The first kappa shape index (κ1) is 13.8. The zero-order valence-corrected chi connectivity index (χ0v) is 12.8. The van der Waals surface area contributed by atoms with Gasteiger partial charge < -0.3 is 10.2 Å². The van der Waals surface area contributed by atoms with Gasteiger partial charge in [0.2, 0.25) is 0 Å². The molecule has 2 atom stereocenters. The molecule has 2 heterocycles. The van der Waals surface area contributed by atoms with E-state index in [2.05, 4.69) is 37.9 Å². The van der Waals surface area contributed by atoms with E-state index in [-0.39, 0.29) is 0 Å². The zero-order chi connectivity index (χ0) is 13.1. The topological polar surface area (TPSA) is 28.2 Å². The normalized spacial score (nSPS) is 23.9. The van der Waals surface area contributed by atoms with Crippen LogP contribution < -0.4 is 10.2 Å². The lowest BCUT2D eigenvalue weighted by atomic mass is 10.1. The number of rotatable bonds is 5. The summed E-state index contributed by atoms with van der Waals surface area (Å²) < 4.78 is 0. The second-order valence-electron chi connectivity index (χ2n) is 5.34. The highest BCUT2D eigenvalue weighted by molar-refractivity contribution is 7.15. The average Bonchev–Trinajstić information content (AvgIpc) is 2.89. The van der Waals surface area contributed by atoms with Crippen molar-refractivity contribution in [3.63, 3.8) is 0 Å². The van der Waals surface area contributed by atoms with Gasteiger partial charge in [-0.2, -0.15) is 0 Å². The molecule has 1 aliphatic heterocycles. The van der Waals surface area contributed by atoms with E-state index in [0.29, 0.717) is 6.04 Å². The van der Waals surface area contributed by atoms with Gasteiger partial charge in [-0.15, -0.1) is 11.3 Å². The second kappa shape index (κ2) is 6.02. The van der Waals surface area contributed by atoms with Crippen LogP contribution in [-0.2, 0) is 13.0 Å². The molecular weight excluding hydrogens is 242 g/mol. The number of hydrogen-bond donors (Lipinski definition) is 1. The minimum atomic E-state index is 0.642. The maximum absolute atomic E-state index is 4.85. The van der Waals surface area contributed by atoms with Gasteiger partial charge in [0.25, 0.3) is 0 Å². The fourth-order valence-corrected chi connectivity index (χ4v) is 3.94. The number of nitrogens with one attached hydrogen (secondary N) is 1. The molecule has 1 aromatic heterocycles. The van der Waals surface area contributed by atoms with Crippen LogP contribution in [0, 0.1) is 5.92 Å². The predicted molar refractivity (Wildman–Crippen MR) is 79.5 cm³/mol. The Morgan fingerprint density at radius 1 is 1.39 bits per heavy atom. The Morgan fingerprint density at radius 3 is 2.72 bits per heavy atom. The Morgan fingerprint density at radius 2 is 2.17 bits per heavy atom. The van der Waals surface area contributed by atoms with E-state index in [1.807, 2.05) is 11.3 Å². The van der Waals surface area contributed by atoms with Gasteiger partial charge in [0.15, 0.2) is 5.13 Å². The molecular formula is C14H25N3S. The first-order valence-corrected chi connectivity index (χ1v) is 7.93. The van der Waals surface area contributed by atoms with Gasteiger partial charge in [0.1, 0.15) is 0 Å². The summed E-state index contributed by atoms with van der Waals surface area (Å²) in [6, 6.07) is 0.642. The van der Waals surface area contributed by atoms with Crippen LogP contribution in [0.5, 0.6) is 0 Å². The van der Waals surface area contributed by atoms with Gasteiger partial charge in [-0.3, -0.25) is 0 Å². The number of aromatic nitrogens is 1. The van der Waals surface area contributed by atoms with Gasteiger partial charge in [-0.1, -0.05) is 20.8 Å². The highest BCUT2D eigenvalue weighted by Gasteiger charge is 2.28. The summed E-state index contributed by atoms with van der Waals surface area (Å²) >= 11 is 1.88. The maximum Gasteiger partial charge on any atom is 0.186 e. The number of nitrogens with zero attached hydrogens (tertiary/aromatic N) is 2. The van der Waals surface area contributed by atoms with Crippen molar-refractivity contribution in [1.29, 1.82) is 0 Å². The van der Waals surface area contributed by atoms with Crippen molar-refractivity contribution < 1.29 is 0 Å². The highest BCUT2D eigenvalue weighted by atomic mass is 32.1. The third-order valence-electron chi connectivity index (χ3n) is 3.67. The number of hydrogen-bond acceptors (Lipinski definition) is 4. The molecule has 0 saturated carbocycles. The third-order valence-corrected chi connectivity index (χ3v) is 4.80. The van der Waals surface area contributed by atoms with Crippen LogP contribution in [0.15, 0.2) is 0 Å². The minimum Gasteiger partial charge on any atom is -0.345 e. The Balaban J connectivity index is 2.16. The van der Waals surface area contributed by atoms with E-state index >= 15 is 0 Å². The lowest BCUT2D eigenvalue weighted by molar-refractivity contribution is 0.625. The van der Waals surface area contributed by atoms with E-state index in [9.17, 15) is 0 Å². The molecule has 0 spiro atoms. The van der Waals surface area contributed by atoms with Crippen LogP contribution in [0.25, 0.3) is 0 Å². The fraction of sp³-hybridized carbons (Fsp3) is 0.786. The van der Waals surface area contributed by atoms with Crippen molar-refractivity contribution in [2.24, 2.45) is 5.92 Å². The number of anilines is 1. The summed E-state index contributed by atoms with van der Waals surface area (Å²) in [5.74, 6) is 0.797. The lowest BCUT2D eigenvalue weighted by Gasteiger charge is -2.20. The molecule has 0 amide bonds. The molecule has 102 valence electrons. The summed E-state index contributed by atoms with van der Waals surface area (Å²) in [6.07, 6.45) is 2.33. The molecule has 18 heavy (non-hydrogen) atoms. The molecule has 0 aliphatic carbocycles. The Labute approximate surface area is 115 Å². The number of aryl methyl sites for hydroxylation is 1. The van der Waals surface area contributed by atoms with Crippen LogP contribution in [0.3, 0.4) is 0 Å². The largest absolute Gasteiger partial charge is 0.345 e. The van der Waals surface area contributed by atoms with Crippen molar-refractivity contribution in [3.05, 3.63) is 10.6 Å². The van der Waals surface area contributed by atoms with Gasteiger partial charge >= 0.3 is 0 Å². The molecule has 2 unspecified atom stereocenters. The van der Waals surface area contributed by atoms with E-state index in [1.165, 1.54) is 28.7 Å². The van der Waals surface area contributed by atoms with Gasteiger partial charge in [-0.25, -0.2) is 4.98 Å². The second-order valence-corrected chi connectivity index (χ2v) is 6.40. The molecule has 1 fully saturated rings. The Kier molecular flexibility index (Phi) is 4.62. The Hall–Kier alpha value is -0.610. The first-order valence-electron chi connectivity index (χ1n) is 7.11. The molecule has 1 aliphatic rings. The zero-order valence-electron chi connectivity index (χ0n) is 12.0. The van der Waals surface area contributed by atoms with E-state index in [4.69, 9.17) is 4.98 Å². The van der Waals surface area contributed by atoms with Gasteiger partial charge in [0, 0.05) is 24.0 Å². The third kappa shape index (κ3) is 2.86. The Bertz CT molecular complexity index is 388. The summed E-state index contributed by atoms with van der Waals surface area (Å²) in [4.78, 5) is 8.76. The van der Waals surface area contributed by atoms with E-state index < -0.39 is 0 Å². The molecule has 0 bridgehead atoms. The SMILES string of the molecule is CCNCc1sc(N2CC(C)CC2C)nc1CC. The standard InChI is InChI=1S/C14H25N3S/c1-5-12-13(8-15-6-2)18-14(16-12)17-9-10(3)7-11(17)4/h10-11,15H,5-9H2,1-4H3. The van der Waals surface area contributed by atoms with Crippen molar-refractivity contribution >= 4 is 16.5 Å². The maximum atomic E-state index is 4.85. The highest BCUT2D eigenvalue weighted by Crippen LogP contribution is 2.33. The van der Waals surface area contributed by atoms with Crippen LogP contribution in [0.2, 0.25) is 0 Å². The summed E-state index contributed by atoms with van der Waals surface area (Å²) in [6.45, 7) is 12.2. The number of thiazole rings is 1. The molecule has 1 N–H and O–H groups in total. The summed E-state index contributed by atoms with van der Waals surface area (Å²) in [5, 5.41) is 4.65. The van der Waals surface area contributed by atoms with Crippen molar-refractivity contribution in [2.75, 3.05) is 18.0 Å². The quantitative estimate of drug-likeness (QED) is 0.889. The van der Waals surface area contributed by atoms with Crippen LogP contribution in [0.1, 0.15) is 44.7 Å². The molecule has 1 aromatic rings. The van der Waals surface area contributed by atoms with Crippen LogP contribution in [-0.4, -0.2) is 24.1 Å². The molecule has 1 saturated heterocycles. The molecule has 0 radical (unpaired) electrons. The molecule has 2 rings (SSSR count). The van der Waals surface area contributed by atoms with Crippen molar-refractivity contribution in [3.8, 4) is 0 Å². The first-order chi connectivity index (χ1) is 8.65. The molecule has 0 aromatic carbocycles. The van der Waals surface area contributed by atoms with E-state index in [0.717, 1.165) is 25.4 Å². The summed E-state index contributed by atoms with van der Waals surface area (Å²) in [5.41, 5.74) is 1.28.